The van der Waals surface area contributed by atoms with Crippen LogP contribution in [-0.4, -0.2) is 24.4 Å². The molecule has 1 aliphatic carbocycles. The standard InChI is InChI=1S/C21H22ClN3O2/c22-17-13-16(10-11-18(17)25-12-4-7-19(25)26)23-20(14-5-2-1-3-6-14)21(27)24-15-8-9-15/h1-3,5-6,10-11,13,15,20,23H,4,7-9,12H2,(H,24,27). The van der Waals surface area contributed by atoms with E-state index in [1.54, 1.807) is 11.0 Å². The molecule has 27 heavy (non-hydrogen) atoms. The highest BCUT2D eigenvalue weighted by atomic mass is 35.5. The lowest BCUT2D eigenvalue weighted by atomic mass is 10.1. The molecule has 0 bridgehead atoms. The highest BCUT2D eigenvalue weighted by molar-refractivity contribution is 6.34. The number of carbonyl (C=O) groups is 2. The minimum atomic E-state index is -0.498. The Morgan fingerprint density at radius 2 is 1.93 bits per heavy atom. The number of nitrogens with one attached hydrogen (secondary N) is 2. The van der Waals surface area contributed by atoms with Gasteiger partial charge in [-0.3, -0.25) is 9.59 Å². The van der Waals surface area contributed by atoms with Gasteiger partial charge in [0.15, 0.2) is 0 Å². The summed E-state index contributed by atoms with van der Waals surface area (Å²) in [4.78, 5) is 26.4. The van der Waals surface area contributed by atoms with E-state index in [1.807, 2.05) is 42.5 Å². The van der Waals surface area contributed by atoms with E-state index < -0.39 is 6.04 Å². The van der Waals surface area contributed by atoms with Crippen LogP contribution in [0, 0.1) is 0 Å². The van der Waals surface area contributed by atoms with Crippen molar-refractivity contribution in [1.82, 2.24) is 5.32 Å². The fourth-order valence-electron chi connectivity index (χ4n) is 3.34. The second-order valence-electron chi connectivity index (χ2n) is 7.09. The Morgan fingerprint density at radius 1 is 1.15 bits per heavy atom. The van der Waals surface area contributed by atoms with Crippen molar-refractivity contribution in [3.05, 3.63) is 59.1 Å². The number of carbonyl (C=O) groups excluding carboxylic acids is 2. The smallest absolute Gasteiger partial charge is 0.247 e. The summed E-state index contributed by atoms with van der Waals surface area (Å²) in [5, 5.41) is 6.86. The molecule has 140 valence electrons. The normalized spacial score (nSPS) is 17.7. The monoisotopic (exact) mass is 383 g/mol. The number of hydrogen-bond donors (Lipinski definition) is 2. The van der Waals surface area contributed by atoms with E-state index >= 15 is 0 Å². The lowest BCUT2D eigenvalue weighted by Crippen LogP contribution is -2.34. The highest BCUT2D eigenvalue weighted by Gasteiger charge is 2.29. The number of benzene rings is 2. The van der Waals surface area contributed by atoms with Crippen LogP contribution < -0.4 is 15.5 Å². The lowest BCUT2D eigenvalue weighted by Gasteiger charge is -2.22. The minimum Gasteiger partial charge on any atom is -0.370 e. The fourth-order valence-corrected chi connectivity index (χ4v) is 3.63. The summed E-state index contributed by atoms with van der Waals surface area (Å²) in [7, 11) is 0. The molecule has 1 heterocycles. The third-order valence-electron chi connectivity index (χ3n) is 4.94. The summed E-state index contributed by atoms with van der Waals surface area (Å²) in [5.41, 5.74) is 2.36. The molecule has 0 spiro atoms. The summed E-state index contributed by atoms with van der Waals surface area (Å²) in [6.45, 7) is 0.696. The fraction of sp³-hybridized carbons (Fsp3) is 0.333. The number of amides is 2. The molecular weight excluding hydrogens is 362 g/mol. The average Bonchev–Trinajstić information content (AvgIpc) is 3.39. The Labute approximate surface area is 163 Å². The molecule has 2 fully saturated rings. The van der Waals surface area contributed by atoms with Gasteiger partial charge in [0.05, 0.1) is 10.7 Å². The summed E-state index contributed by atoms with van der Waals surface area (Å²) >= 11 is 6.44. The quantitative estimate of drug-likeness (QED) is 0.795. The molecule has 1 aliphatic heterocycles. The molecule has 2 N–H and O–H groups in total. The molecule has 0 aromatic heterocycles. The van der Waals surface area contributed by atoms with E-state index in [4.69, 9.17) is 11.6 Å². The Hall–Kier alpha value is -2.53. The summed E-state index contributed by atoms with van der Waals surface area (Å²) in [5.74, 6) is 0.0576. The molecular formula is C21H22ClN3O2. The average molecular weight is 384 g/mol. The van der Waals surface area contributed by atoms with Gasteiger partial charge >= 0.3 is 0 Å². The highest BCUT2D eigenvalue weighted by Crippen LogP contribution is 2.33. The first kappa shape index (κ1) is 17.9. The Balaban J connectivity index is 1.56. The molecule has 2 amide bonds. The van der Waals surface area contributed by atoms with Gasteiger partial charge < -0.3 is 15.5 Å². The molecule has 1 saturated carbocycles. The van der Waals surface area contributed by atoms with Gasteiger partial charge in [0.1, 0.15) is 6.04 Å². The summed E-state index contributed by atoms with van der Waals surface area (Å²) in [6, 6.07) is 14.9. The number of hydrogen-bond acceptors (Lipinski definition) is 3. The zero-order valence-corrected chi connectivity index (χ0v) is 15.7. The Bertz CT molecular complexity index is 852. The second kappa shape index (κ2) is 7.61. The van der Waals surface area contributed by atoms with Crippen LogP contribution in [0.4, 0.5) is 11.4 Å². The van der Waals surface area contributed by atoms with Crippen molar-refractivity contribution < 1.29 is 9.59 Å². The van der Waals surface area contributed by atoms with E-state index in [1.165, 1.54) is 0 Å². The van der Waals surface area contributed by atoms with Crippen LogP contribution >= 0.6 is 11.6 Å². The van der Waals surface area contributed by atoms with Gasteiger partial charge in [-0.1, -0.05) is 41.9 Å². The maximum atomic E-state index is 12.7. The first-order valence-corrected chi connectivity index (χ1v) is 9.71. The van der Waals surface area contributed by atoms with Gasteiger partial charge in [0.25, 0.3) is 0 Å². The van der Waals surface area contributed by atoms with Crippen molar-refractivity contribution in [3.63, 3.8) is 0 Å². The van der Waals surface area contributed by atoms with E-state index in [-0.39, 0.29) is 17.9 Å². The van der Waals surface area contributed by atoms with Crippen molar-refractivity contribution in [1.29, 1.82) is 0 Å². The van der Waals surface area contributed by atoms with E-state index in [0.29, 0.717) is 18.0 Å². The molecule has 2 aromatic rings. The predicted octanol–water partition coefficient (Wildman–Crippen LogP) is 3.90. The molecule has 6 heteroatoms. The van der Waals surface area contributed by atoms with Gasteiger partial charge in [-0.25, -0.2) is 0 Å². The molecule has 4 rings (SSSR count). The maximum absolute atomic E-state index is 12.7. The van der Waals surface area contributed by atoms with Crippen molar-refractivity contribution in [2.75, 3.05) is 16.8 Å². The topological polar surface area (TPSA) is 61.4 Å². The number of nitrogens with zero attached hydrogens (tertiary/aromatic N) is 1. The second-order valence-corrected chi connectivity index (χ2v) is 7.49. The van der Waals surface area contributed by atoms with Gasteiger partial charge in [0, 0.05) is 24.7 Å². The summed E-state index contributed by atoms with van der Waals surface area (Å²) < 4.78 is 0. The third kappa shape index (κ3) is 4.08. The van der Waals surface area contributed by atoms with Crippen LogP contribution in [0.3, 0.4) is 0 Å². The molecule has 5 nitrogen and oxygen atoms in total. The van der Waals surface area contributed by atoms with Crippen LogP contribution in [0.25, 0.3) is 0 Å². The van der Waals surface area contributed by atoms with Crippen LogP contribution in [0.1, 0.15) is 37.3 Å². The van der Waals surface area contributed by atoms with Crippen molar-refractivity contribution >= 4 is 34.8 Å². The maximum Gasteiger partial charge on any atom is 0.247 e. The predicted molar refractivity (Wildman–Crippen MR) is 107 cm³/mol. The number of anilines is 2. The molecule has 1 atom stereocenters. The van der Waals surface area contributed by atoms with Crippen LogP contribution in [0.2, 0.25) is 5.02 Å². The third-order valence-corrected chi connectivity index (χ3v) is 5.24. The zero-order valence-electron chi connectivity index (χ0n) is 15.0. The van der Waals surface area contributed by atoms with Gasteiger partial charge in [-0.05, 0) is 43.0 Å². The number of rotatable bonds is 6. The van der Waals surface area contributed by atoms with Gasteiger partial charge in [0.2, 0.25) is 11.8 Å². The molecule has 2 aliphatic rings. The largest absolute Gasteiger partial charge is 0.370 e. The van der Waals surface area contributed by atoms with Crippen molar-refractivity contribution in [3.8, 4) is 0 Å². The van der Waals surface area contributed by atoms with Crippen LogP contribution in [0.15, 0.2) is 48.5 Å². The SMILES string of the molecule is O=C(NC1CC1)C(Nc1ccc(N2CCCC2=O)c(Cl)c1)c1ccccc1. The lowest BCUT2D eigenvalue weighted by molar-refractivity contribution is -0.122. The zero-order chi connectivity index (χ0) is 18.8. The van der Waals surface area contributed by atoms with Gasteiger partial charge in [-0.2, -0.15) is 0 Å². The van der Waals surface area contributed by atoms with E-state index in [9.17, 15) is 9.59 Å². The van der Waals surface area contributed by atoms with Crippen LogP contribution in [0.5, 0.6) is 0 Å². The first-order valence-electron chi connectivity index (χ1n) is 9.33. The molecule has 1 saturated heterocycles. The molecule has 1 unspecified atom stereocenters. The first-order chi connectivity index (χ1) is 13.1. The Morgan fingerprint density at radius 3 is 2.56 bits per heavy atom. The number of halogens is 1. The summed E-state index contributed by atoms with van der Waals surface area (Å²) in [6.07, 6.45) is 3.50. The molecule has 0 radical (unpaired) electrons. The minimum absolute atomic E-state index is 0.0429. The van der Waals surface area contributed by atoms with E-state index in [0.717, 1.165) is 36.2 Å². The Kier molecular flexibility index (Phi) is 5.03. The molecule has 2 aromatic carbocycles. The van der Waals surface area contributed by atoms with Crippen molar-refractivity contribution in [2.45, 2.75) is 37.8 Å². The van der Waals surface area contributed by atoms with Gasteiger partial charge in [-0.15, -0.1) is 0 Å². The van der Waals surface area contributed by atoms with Crippen LogP contribution in [-0.2, 0) is 9.59 Å². The van der Waals surface area contributed by atoms with Crippen molar-refractivity contribution in [2.24, 2.45) is 0 Å². The van der Waals surface area contributed by atoms with E-state index in [2.05, 4.69) is 10.6 Å².